The van der Waals surface area contributed by atoms with Gasteiger partial charge in [0.1, 0.15) is 12.1 Å². The summed E-state index contributed by atoms with van der Waals surface area (Å²) >= 11 is 1.82. The first-order chi connectivity index (χ1) is 18.8. The smallest absolute Gasteiger partial charge is 0.326 e. The Labute approximate surface area is 230 Å². The average molecular weight is 567 g/mol. The van der Waals surface area contributed by atoms with Gasteiger partial charge in [-0.3, -0.25) is 14.4 Å². The van der Waals surface area contributed by atoms with Crippen molar-refractivity contribution in [3.05, 3.63) is 18.2 Å². The molecular formula is C24H38N8O6S. The van der Waals surface area contributed by atoms with Gasteiger partial charge in [-0.05, 0) is 38.6 Å². The van der Waals surface area contributed by atoms with Gasteiger partial charge in [0.15, 0.2) is 0 Å². The van der Waals surface area contributed by atoms with Crippen LogP contribution in [-0.4, -0.2) is 93.1 Å². The van der Waals surface area contributed by atoms with Crippen molar-refractivity contribution in [2.75, 3.05) is 18.8 Å². The van der Waals surface area contributed by atoms with E-state index in [0.29, 0.717) is 36.8 Å². The Balaban J connectivity index is 1.40. The number of aromatic nitrogens is 2. The SMILES string of the molecule is NCCCC[C@H](NC(=O)[C@H](Cc1cnc[nH]1)NC(=O)CNC(=O)CCCC[C@H]1SC[C@H]2NC(=O)N[C@H]21)C(=O)O. The molecule has 0 spiro atoms. The number of urea groups is 1. The van der Waals surface area contributed by atoms with E-state index in [1.165, 1.54) is 12.5 Å². The Morgan fingerprint density at radius 3 is 2.64 bits per heavy atom. The Hall–Kier alpha value is -3.33. The zero-order valence-corrected chi connectivity index (χ0v) is 22.6. The molecule has 15 heteroatoms. The fourth-order valence-electron chi connectivity index (χ4n) is 4.63. The highest BCUT2D eigenvalue weighted by molar-refractivity contribution is 8.00. The van der Waals surface area contributed by atoms with Crippen LogP contribution in [0.2, 0.25) is 0 Å². The number of hydrogen-bond donors (Lipinski definition) is 8. The van der Waals surface area contributed by atoms with Crippen LogP contribution in [0.3, 0.4) is 0 Å². The van der Waals surface area contributed by atoms with Gasteiger partial charge in [0.2, 0.25) is 17.7 Å². The van der Waals surface area contributed by atoms with Crippen molar-refractivity contribution in [2.24, 2.45) is 5.73 Å². The van der Waals surface area contributed by atoms with Crippen LogP contribution >= 0.6 is 11.8 Å². The van der Waals surface area contributed by atoms with Crippen molar-refractivity contribution in [2.45, 2.75) is 80.8 Å². The zero-order chi connectivity index (χ0) is 28.2. The van der Waals surface area contributed by atoms with Gasteiger partial charge in [-0.2, -0.15) is 11.8 Å². The number of aliphatic carboxylic acids is 1. The number of fused-ring (bicyclic) bond motifs is 1. The maximum absolute atomic E-state index is 12.9. The quantitative estimate of drug-likeness (QED) is 0.0852. The number of carboxylic acids is 1. The molecule has 1 aromatic heterocycles. The third-order valence-electron chi connectivity index (χ3n) is 6.72. The van der Waals surface area contributed by atoms with Crippen LogP contribution < -0.4 is 32.3 Å². The van der Waals surface area contributed by atoms with Crippen molar-refractivity contribution in [1.82, 2.24) is 36.6 Å². The first-order valence-electron chi connectivity index (χ1n) is 13.2. The van der Waals surface area contributed by atoms with Gasteiger partial charge in [-0.1, -0.05) is 6.42 Å². The third-order valence-corrected chi connectivity index (χ3v) is 8.23. The van der Waals surface area contributed by atoms with Gasteiger partial charge in [-0.25, -0.2) is 14.6 Å². The molecule has 0 unspecified atom stereocenters. The number of aromatic amines is 1. The Bertz CT molecular complexity index is 993. The van der Waals surface area contributed by atoms with E-state index in [-0.39, 0.29) is 49.8 Å². The molecule has 0 aliphatic carbocycles. The predicted molar refractivity (Wildman–Crippen MR) is 144 cm³/mol. The Morgan fingerprint density at radius 2 is 1.92 bits per heavy atom. The lowest BCUT2D eigenvalue weighted by Crippen LogP contribution is -2.54. The minimum Gasteiger partial charge on any atom is -0.480 e. The summed E-state index contributed by atoms with van der Waals surface area (Å²) in [5.74, 6) is -1.79. The second-order valence-electron chi connectivity index (χ2n) is 9.73. The maximum Gasteiger partial charge on any atom is 0.326 e. The topological polar surface area (TPSA) is 220 Å². The first-order valence-corrected chi connectivity index (χ1v) is 14.3. The van der Waals surface area contributed by atoms with Crippen LogP contribution in [0.4, 0.5) is 4.79 Å². The molecule has 2 aliphatic rings. The minimum absolute atomic E-state index is 0.0671. The van der Waals surface area contributed by atoms with E-state index in [1.807, 2.05) is 11.8 Å². The monoisotopic (exact) mass is 566 g/mol. The zero-order valence-electron chi connectivity index (χ0n) is 21.7. The number of carbonyl (C=O) groups excluding carboxylic acids is 4. The van der Waals surface area contributed by atoms with E-state index in [1.54, 1.807) is 0 Å². The second kappa shape index (κ2) is 15.3. The standard InChI is InChI=1S/C24H38N8O6S/c25-8-4-3-5-15(23(36)37)30-22(35)16(9-14-10-26-13-28-14)29-20(34)11-27-19(33)7-2-1-6-18-21-17(12-39-18)31-24(38)32-21/h10,13,15-18,21H,1-9,11-12,25H2,(H,26,28)(H,27,33)(H,29,34)(H,30,35)(H,36,37)(H2,31,32,38)/t15-,16-,17+,18+,21+/m0/s1. The van der Waals surface area contributed by atoms with Crippen LogP contribution in [0.15, 0.2) is 12.5 Å². The van der Waals surface area contributed by atoms with E-state index < -0.39 is 29.9 Å². The summed E-state index contributed by atoms with van der Waals surface area (Å²) in [6, 6.07) is -2.01. The molecule has 5 amide bonds. The molecule has 1 aromatic rings. The Kier molecular flexibility index (Phi) is 11.9. The highest BCUT2D eigenvalue weighted by Crippen LogP contribution is 2.33. The lowest BCUT2D eigenvalue weighted by molar-refractivity contribution is -0.142. The highest BCUT2D eigenvalue weighted by Gasteiger charge is 2.42. The maximum atomic E-state index is 12.9. The summed E-state index contributed by atoms with van der Waals surface area (Å²) in [5.41, 5.74) is 6.04. The first kappa shape index (κ1) is 30.2. The lowest BCUT2D eigenvalue weighted by atomic mass is 10.0. The number of hydrogen-bond acceptors (Lipinski definition) is 8. The van der Waals surface area contributed by atoms with Gasteiger partial charge < -0.3 is 42.4 Å². The van der Waals surface area contributed by atoms with E-state index in [4.69, 9.17) is 5.73 Å². The summed E-state index contributed by atoms with van der Waals surface area (Å²) in [6.07, 6.45) is 6.99. The number of carbonyl (C=O) groups is 5. The number of nitrogens with two attached hydrogens (primary N) is 1. The molecule has 0 radical (unpaired) electrons. The molecule has 39 heavy (non-hydrogen) atoms. The van der Waals surface area contributed by atoms with Crippen LogP contribution in [0.25, 0.3) is 0 Å². The van der Waals surface area contributed by atoms with Gasteiger partial charge in [0.25, 0.3) is 0 Å². The van der Waals surface area contributed by atoms with E-state index in [9.17, 15) is 29.1 Å². The molecule has 3 heterocycles. The summed E-state index contributed by atoms with van der Waals surface area (Å²) < 4.78 is 0. The molecule has 9 N–H and O–H groups in total. The minimum atomic E-state index is -1.17. The Morgan fingerprint density at radius 1 is 1.10 bits per heavy atom. The molecule has 3 rings (SSSR count). The van der Waals surface area contributed by atoms with Gasteiger partial charge in [-0.15, -0.1) is 0 Å². The number of rotatable bonds is 17. The van der Waals surface area contributed by atoms with Crippen molar-refractivity contribution in [1.29, 1.82) is 0 Å². The lowest BCUT2D eigenvalue weighted by Gasteiger charge is -2.21. The highest BCUT2D eigenvalue weighted by atomic mass is 32.2. The predicted octanol–water partition coefficient (Wildman–Crippen LogP) is -1.02. The van der Waals surface area contributed by atoms with Crippen LogP contribution in [0, 0.1) is 0 Å². The van der Waals surface area contributed by atoms with Crippen LogP contribution in [-0.2, 0) is 25.6 Å². The fourth-order valence-corrected chi connectivity index (χ4v) is 6.18. The van der Waals surface area contributed by atoms with E-state index in [0.717, 1.165) is 18.6 Å². The molecule has 5 atom stereocenters. The second-order valence-corrected chi connectivity index (χ2v) is 11.0. The number of thioether (sulfide) groups is 1. The van der Waals surface area contributed by atoms with Gasteiger partial charge in [0.05, 0.1) is 25.0 Å². The largest absolute Gasteiger partial charge is 0.480 e. The molecule has 0 bridgehead atoms. The number of nitrogens with zero attached hydrogens (tertiary/aromatic N) is 1. The summed E-state index contributed by atoms with van der Waals surface area (Å²) in [5, 5.41) is 23.3. The number of amides is 5. The van der Waals surface area contributed by atoms with Crippen molar-refractivity contribution < 1.29 is 29.1 Å². The molecule has 2 fully saturated rings. The molecule has 0 aromatic carbocycles. The number of nitrogens with one attached hydrogen (secondary N) is 6. The summed E-state index contributed by atoms with van der Waals surface area (Å²) in [7, 11) is 0. The third kappa shape index (κ3) is 9.73. The number of imidazole rings is 1. The molecule has 0 saturated carbocycles. The molecule has 14 nitrogen and oxygen atoms in total. The van der Waals surface area contributed by atoms with E-state index >= 15 is 0 Å². The average Bonchev–Trinajstić information content (AvgIpc) is 3.63. The molecule has 2 saturated heterocycles. The molecule has 2 aliphatic heterocycles. The van der Waals surface area contributed by atoms with E-state index in [2.05, 4.69) is 36.6 Å². The number of H-pyrrole nitrogens is 1. The van der Waals surface area contributed by atoms with Crippen molar-refractivity contribution in [3.8, 4) is 0 Å². The van der Waals surface area contributed by atoms with Gasteiger partial charge >= 0.3 is 12.0 Å². The van der Waals surface area contributed by atoms with Gasteiger partial charge in [0, 0.05) is 35.7 Å². The van der Waals surface area contributed by atoms with Crippen molar-refractivity contribution in [3.63, 3.8) is 0 Å². The number of unbranched alkanes of at least 4 members (excludes halogenated alkanes) is 2. The number of carboxylic acid groups (broad SMARTS) is 1. The normalized spacial score (nSPS) is 21.3. The van der Waals surface area contributed by atoms with Crippen molar-refractivity contribution >= 4 is 41.5 Å². The molecule has 216 valence electrons. The van der Waals surface area contributed by atoms with Crippen LogP contribution in [0.1, 0.15) is 50.6 Å². The molecular weight excluding hydrogens is 528 g/mol. The summed E-state index contributed by atoms with van der Waals surface area (Å²) in [4.78, 5) is 67.6. The van der Waals surface area contributed by atoms with Crippen LogP contribution in [0.5, 0.6) is 0 Å². The fraction of sp³-hybridized carbons (Fsp3) is 0.667. The summed E-state index contributed by atoms with van der Waals surface area (Å²) in [6.45, 7) is 0.104.